The maximum absolute atomic E-state index is 13.6. The Morgan fingerprint density at radius 1 is 0.902 bits per heavy atom. The number of carbonyl (C=O) groups excluding carboxylic acids is 1. The molecule has 1 fully saturated rings. The fourth-order valence-electron chi connectivity index (χ4n) is 4.24. The van der Waals surface area contributed by atoms with Gasteiger partial charge in [-0.15, -0.1) is 0 Å². The number of nitrogens with zero attached hydrogens (tertiary/aromatic N) is 2. The largest absolute Gasteiger partial charge is 0.490 e. The summed E-state index contributed by atoms with van der Waals surface area (Å²) in [5.41, 5.74) is 3.86. The summed E-state index contributed by atoms with van der Waals surface area (Å²) in [5.74, 6) is 0.897. The van der Waals surface area contributed by atoms with Crippen LogP contribution in [0.3, 0.4) is 0 Å². The van der Waals surface area contributed by atoms with E-state index in [2.05, 4.69) is 15.9 Å². The Bertz CT molecular complexity index is 1560. The number of rotatable bonds is 10. The fourth-order valence-corrected chi connectivity index (χ4v) is 5.75. The van der Waals surface area contributed by atoms with Crippen LogP contribution in [-0.4, -0.2) is 22.6 Å². The second-order valence-electron chi connectivity index (χ2n) is 9.25. The molecule has 0 saturated carbocycles. The number of hydrogen-bond acceptors (Lipinski definition) is 5. The number of thioether (sulfide) groups is 1. The molecule has 0 aromatic heterocycles. The highest BCUT2D eigenvalue weighted by Crippen LogP contribution is 2.40. The highest BCUT2D eigenvalue weighted by molar-refractivity contribution is 9.10. The number of halogens is 2. The predicted octanol–water partition coefficient (Wildman–Crippen LogP) is 8.75. The Kier molecular flexibility index (Phi) is 9.83. The molecular formula is C33H28BrClN2O3S. The molecule has 0 bridgehead atoms. The summed E-state index contributed by atoms with van der Waals surface area (Å²) in [6.45, 7) is 3.62. The quantitative estimate of drug-likeness (QED) is 0.162. The number of amides is 1. The van der Waals surface area contributed by atoms with Gasteiger partial charge in [0.05, 0.1) is 29.6 Å². The van der Waals surface area contributed by atoms with Crippen molar-refractivity contribution in [2.75, 3.05) is 6.61 Å². The summed E-state index contributed by atoms with van der Waals surface area (Å²) in [6, 6.07) is 31.5. The van der Waals surface area contributed by atoms with Crippen LogP contribution < -0.4 is 9.47 Å². The normalized spacial score (nSPS) is 15.1. The number of ether oxygens (including phenoxy) is 2. The lowest BCUT2D eigenvalue weighted by Crippen LogP contribution is -2.28. The van der Waals surface area contributed by atoms with Crippen LogP contribution in [0.2, 0.25) is 5.02 Å². The van der Waals surface area contributed by atoms with E-state index in [1.54, 1.807) is 11.0 Å². The molecule has 0 atom stereocenters. The van der Waals surface area contributed by atoms with Gasteiger partial charge in [0.1, 0.15) is 6.61 Å². The van der Waals surface area contributed by atoms with Gasteiger partial charge in [0.15, 0.2) is 16.7 Å². The number of hydrogen-bond donors (Lipinski definition) is 0. The van der Waals surface area contributed by atoms with Crippen molar-refractivity contribution in [2.24, 2.45) is 4.99 Å². The summed E-state index contributed by atoms with van der Waals surface area (Å²) in [7, 11) is 0. The first kappa shape index (κ1) is 29.0. The Morgan fingerprint density at radius 3 is 2.27 bits per heavy atom. The highest BCUT2D eigenvalue weighted by atomic mass is 79.9. The minimum Gasteiger partial charge on any atom is -0.490 e. The van der Waals surface area contributed by atoms with Gasteiger partial charge in [-0.3, -0.25) is 14.7 Å². The SMILES string of the molecule is CCOc1cc(/C=C2/SC(=NCc3ccccc3)N(Cc3ccccc3)C2=O)cc(Cl)c1OCc1ccc(Br)cc1. The molecule has 8 heteroatoms. The highest BCUT2D eigenvalue weighted by Gasteiger charge is 2.33. The summed E-state index contributed by atoms with van der Waals surface area (Å²) in [6.07, 6.45) is 1.84. The van der Waals surface area contributed by atoms with E-state index in [1.807, 2.05) is 104 Å². The molecule has 1 amide bonds. The van der Waals surface area contributed by atoms with Crippen LogP contribution in [0.5, 0.6) is 11.5 Å². The van der Waals surface area contributed by atoms with Crippen molar-refractivity contribution < 1.29 is 14.3 Å². The van der Waals surface area contributed by atoms with Crippen LogP contribution in [0.4, 0.5) is 0 Å². The molecule has 4 aromatic carbocycles. The average molecular weight is 648 g/mol. The van der Waals surface area contributed by atoms with E-state index in [-0.39, 0.29) is 5.91 Å². The van der Waals surface area contributed by atoms with Gasteiger partial charge in [-0.05, 0) is 71.3 Å². The fraction of sp³-hybridized carbons (Fsp3) is 0.152. The molecule has 0 unspecified atom stereocenters. The molecule has 1 heterocycles. The number of benzene rings is 4. The van der Waals surface area contributed by atoms with Crippen molar-refractivity contribution in [2.45, 2.75) is 26.6 Å². The van der Waals surface area contributed by atoms with Crippen molar-refractivity contribution in [3.63, 3.8) is 0 Å². The monoisotopic (exact) mass is 646 g/mol. The summed E-state index contributed by atoms with van der Waals surface area (Å²) in [4.78, 5) is 20.8. The first-order chi connectivity index (χ1) is 20.0. The van der Waals surface area contributed by atoms with Crippen LogP contribution in [0.1, 0.15) is 29.2 Å². The maximum atomic E-state index is 13.6. The molecule has 1 aliphatic heterocycles. The van der Waals surface area contributed by atoms with E-state index in [9.17, 15) is 4.79 Å². The molecule has 4 aromatic rings. The Hall–Kier alpha value is -3.52. The minimum atomic E-state index is -0.102. The third-order valence-electron chi connectivity index (χ3n) is 6.24. The molecule has 0 N–H and O–H groups in total. The van der Waals surface area contributed by atoms with E-state index >= 15 is 0 Å². The van der Waals surface area contributed by atoms with Gasteiger partial charge in [0, 0.05) is 4.47 Å². The lowest BCUT2D eigenvalue weighted by molar-refractivity contribution is -0.122. The topological polar surface area (TPSA) is 51.1 Å². The zero-order chi connectivity index (χ0) is 28.6. The second kappa shape index (κ2) is 13.9. The van der Waals surface area contributed by atoms with Crippen molar-refractivity contribution >= 4 is 56.4 Å². The van der Waals surface area contributed by atoms with E-state index in [4.69, 9.17) is 26.1 Å². The second-order valence-corrected chi connectivity index (χ2v) is 11.6. The first-order valence-corrected chi connectivity index (χ1v) is 15.2. The zero-order valence-electron chi connectivity index (χ0n) is 22.4. The van der Waals surface area contributed by atoms with E-state index in [0.717, 1.165) is 26.7 Å². The van der Waals surface area contributed by atoms with Gasteiger partial charge >= 0.3 is 0 Å². The van der Waals surface area contributed by atoms with Crippen molar-refractivity contribution in [1.29, 1.82) is 0 Å². The van der Waals surface area contributed by atoms with Crippen LogP contribution >= 0.6 is 39.3 Å². The summed E-state index contributed by atoms with van der Waals surface area (Å²) >= 11 is 11.5. The molecular weight excluding hydrogens is 620 g/mol. The molecule has 208 valence electrons. The molecule has 5 nitrogen and oxygen atoms in total. The lowest BCUT2D eigenvalue weighted by atomic mass is 10.1. The Labute approximate surface area is 258 Å². The van der Waals surface area contributed by atoms with E-state index in [0.29, 0.717) is 52.9 Å². The standard InChI is InChI=1S/C33H28BrClN2O3S/c1-2-39-29-18-26(17-28(35)31(29)40-22-25-13-15-27(34)16-14-25)19-30-32(38)37(21-24-11-7-4-8-12-24)33(41-30)36-20-23-9-5-3-6-10-23/h3-19H,2,20-22H2,1H3/b30-19+,36-33?. The van der Waals surface area contributed by atoms with Gasteiger partial charge in [-0.1, -0.05) is 100 Å². The Morgan fingerprint density at radius 2 is 1.59 bits per heavy atom. The zero-order valence-corrected chi connectivity index (χ0v) is 25.6. The van der Waals surface area contributed by atoms with Crippen LogP contribution in [0, 0.1) is 0 Å². The van der Waals surface area contributed by atoms with Gasteiger partial charge in [-0.2, -0.15) is 0 Å². The van der Waals surface area contributed by atoms with Crippen LogP contribution in [-0.2, 0) is 24.5 Å². The van der Waals surface area contributed by atoms with Gasteiger partial charge in [0.2, 0.25) is 0 Å². The van der Waals surface area contributed by atoms with Gasteiger partial charge in [-0.25, -0.2) is 0 Å². The minimum absolute atomic E-state index is 0.102. The van der Waals surface area contributed by atoms with Gasteiger partial charge in [0.25, 0.3) is 5.91 Å². The number of amidine groups is 1. The molecule has 41 heavy (non-hydrogen) atoms. The summed E-state index contributed by atoms with van der Waals surface area (Å²) in [5, 5.41) is 1.08. The Balaban J connectivity index is 1.42. The van der Waals surface area contributed by atoms with Crippen molar-refractivity contribution in [1.82, 2.24) is 4.90 Å². The molecule has 0 aliphatic carbocycles. The van der Waals surface area contributed by atoms with Crippen LogP contribution in [0.15, 0.2) is 111 Å². The number of aliphatic imine (C=N–C) groups is 1. The smallest absolute Gasteiger partial charge is 0.267 e. The van der Waals surface area contributed by atoms with Crippen LogP contribution in [0.25, 0.3) is 6.08 Å². The third-order valence-corrected chi connectivity index (χ3v) is 8.09. The molecule has 5 rings (SSSR count). The first-order valence-electron chi connectivity index (χ1n) is 13.2. The van der Waals surface area contributed by atoms with E-state index in [1.165, 1.54) is 11.8 Å². The van der Waals surface area contributed by atoms with E-state index < -0.39 is 0 Å². The predicted molar refractivity (Wildman–Crippen MR) is 171 cm³/mol. The number of carbonyl (C=O) groups is 1. The summed E-state index contributed by atoms with van der Waals surface area (Å²) < 4.78 is 13.0. The van der Waals surface area contributed by atoms with Crippen molar-refractivity contribution in [3.8, 4) is 11.5 Å². The lowest BCUT2D eigenvalue weighted by Gasteiger charge is -2.16. The maximum Gasteiger partial charge on any atom is 0.267 e. The average Bonchev–Trinajstić information content (AvgIpc) is 3.27. The molecule has 0 spiro atoms. The molecule has 1 aliphatic rings. The molecule has 0 radical (unpaired) electrons. The van der Waals surface area contributed by atoms with Gasteiger partial charge < -0.3 is 9.47 Å². The van der Waals surface area contributed by atoms with Crippen molar-refractivity contribution in [3.05, 3.63) is 134 Å². The third kappa shape index (κ3) is 7.61. The molecule has 1 saturated heterocycles.